The Bertz CT molecular complexity index is 468. The van der Waals surface area contributed by atoms with E-state index in [-0.39, 0.29) is 11.3 Å². The van der Waals surface area contributed by atoms with Gasteiger partial charge in [0.2, 0.25) is 0 Å². The van der Waals surface area contributed by atoms with Crippen LogP contribution in [-0.2, 0) is 6.42 Å². The quantitative estimate of drug-likeness (QED) is 0.274. The van der Waals surface area contributed by atoms with Gasteiger partial charge in [0.05, 0.1) is 0 Å². The first-order valence-corrected chi connectivity index (χ1v) is 5.74. The fourth-order valence-corrected chi connectivity index (χ4v) is 1.61. The van der Waals surface area contributed by atoms with Crippen molar-refractivity contribution < 1.29 is 15.1 Å². The lowest BCUT2D eigenvalue weighted by Gasteiger charge is -2.23. The van der Waals surface area contributed by atoms with Crippen molar-refractivity contribution in [2.24, 2.45) is 16.3 Å². The predicted octanol–water partition coefficient (Wildman–Crippen LogP) is 1.01. The normalized spacial score (nSPS) is 12.2. The molecule has 19 heavy (non-hydrogen) atoms. The lowest BCUT2D eigenvalue weighted by Crippen LogP contribution is -2.34. The number of carboxylic acid groups (broad SMARTS) is 1. The van der Waals surface area contributed by atoms with Crippen LogP contribution in [0.3, 0.4) is 0 Å². The molecule has 7 nitrogen and oxygen atoms in total. The molecular weight excluding hydrogens is 248 g/mol. The van der Waals surface area contributed by atoms with Gasteiger partial charge in [-0.1, -0.05) is 19.0 Å². The zero-order chi connectivity index (χ0) is 14.5. The second kappa shape index (κ2) is 6.03. The fourth-order valence-electron chi connectivity index (χ4n) is 1.61. The Balaban J connectivity index is 2.69. The summed E-state index contributed by atoms with van der Waals surface area (Å²) in [5, 5.41) is 22.4. The maximum absolute atomic E-state index is 10.5. The molecule has 0 saturated carbocycles. The summed E-state index contributed by atoms with van der Waals surface area (Å²) in [6.45, 7) is 4.23. The lowest BCUT2D eigenvalue weighted by atomic mass is 9.87. The largest absolute Gasteiger partial charge is 0.465 e. The number of amidine groups is 1. The van der Waals surface area contributed by atoms with Crippen molar-refractivity contribution in [3.8, 4) is 0 Å². The molecule has 0 aromatic carbocycles. The molecular formula is C12H18N4O3. The summed E-state index contributed by atoms with van der Waals surface area (Å²) in [5.74, 6) is 0.00542. The second-order valence-electron chi connectivity index (χ2n) is 5.02. The van der Waals surface area contributed by atoms with Crippen LogP contribution in [0.4, 0.5) is 4.79 Å². The number of amides is 1. The summed E-state index contributed by atoms with van der Waals surface area (Å²) in [6.07, 6.45) is 1.10. The highest BCUT2D eigenvalue weighted by molar-refractivity contribution is 5.96. The average molecular weight is 266 g/mol. The van der Waals surface area contributed by atoms with E-state index in [9.17, 15) is 4.79 Å². The highest BCUT2D eigenvalue weighted by atomic mass is 16.4. The van der Waals surface area contributed by atoms with Crippen LogP contribution >= 0.6 is 0 Å². The van der Waals surface area contributed by atoms with E-state index in [4.69, 9.17) is 16.0 Å². The molecule has 0 spiro atoms. The van der Waals surface area contributed by atoms with E-state index in [0.717, 1.165) is 5.69 Å². The Hall–Kier alpha value is -2.31. The molecule has 0 unspecified atom stereocenters. The molecule has 0 saturated heterocycles. The molecule has 0 aliphatic heterocycles. The van der Waals surface area contributed by atoms with Crippen LogP contribution in [0, 0.1) is 5.41 Å². The number of nitrogens with zero attached hydrogens (tertiary/aromatic N) is 2. The van der Waals surface area contributed by atoms with Crippen LogP contribution in [0.1, 0.15) is 25.1 Å². The number of aromatic nitrogens is 1. The van der Waals surface area contributed by atoms with Gasteiger partial charge in [-0.3, -0.25) is 4.98 Å². The summed E-state index contributed by atoms with van der Waals surface area (Å²) in [5.41, 5.74) is 6.54. The van der Waals surface area contributed by atoms with Gasteiger partial charge < -0.3 is 21.4 Å². The molecule has 0 radical (unpaired) electrons. The van der Waals surface area contributed by atoms with E-state index >= 15 is 0 Å². The summed E-state index contributed by atoms with van der Waals surface area (Å²) < 4.78 is 0. The van der Waals surface area contributed by atoms with Gasteiger partial charge in [0, 0.05) is 24.0 Å². The molecule has 0 bridgehead atoms. The number of hydrogen-bond acceptors (Lipinski definition) is 4. The summed E-state index contributed by atoms with van der Waals surface area (Å²) >= 11 is 0. The van der Waals surface area contributed by atoms with Crippen LogP contribution in [0.25, 0.3) is 0 Å². The molecule has 0 aliphatic carbocycles. The molecule has 7 heteroatoms. The number of pyridine rings is 1. The first-order valence-electron chi connectivity index (χ1n) is 5.74. The van der Waals surface area contributed by atoms with Crippen molar-refractivity contribution in [1.82, 2.24) is 10.3 Å². The molecule has 1 aromatic rings. The van der Waals surface area contributed by atoms with Gasteiger partial charge in [0.25, 0.3) is 0 Å². The molecule has 1 amide bonds. The molecule has 0 atom stereocenters. The van der Waals surface area contributed by atoms with Crippen molar-refractivity contribution >= 4 is 11.9 Å². The van der Waals surface area contributed by atoms with Crippen molar-refractivity contribution in [2.45, 2.75) is 20.3 Å². The van der Waals surface area contributed by atoms with Gasteiger partial charge in [-0.2, -0.15) is 0 Å². The molecule has 1 rings (SSSR count). The molecule has 1 aromatic heterocycles. The zero-order valence-corrected chi connectivity index (χ0v) is 10.9. The van der Waals surface area contributed by atoms with Crippen LogP contribution < -0.4 is 11.1 Å². The Kier molecular flexibility index (Phi) is 4.68. The monoisotopic (exact) mass is 266 g/mol. The molecule has 1 heterocycles. The van der Waals surface area contributed by atoms with Crippen molar-refractivity contribution in [2.75, 3.05) is 6.54 Å². The average Bonchev–Trinajstić information content (AvgIpc) is 2.36. The first-order chi connectivity index (χ1) is 8.84. The Morgan fingerprint density at radius 3 is 2.68 bits per heavy atom. The van der Waals surface area contributed by atoms with Crippen LogP contribution in [0.5, 0.6) is 0 Å². The summed E-state index contributed by atoms with van der Waals surface area (Å²) in [6, 6.07) is 3.48. The number of rotatable bonds is 5. The smallest absolute Gasteiger partial charge is 0.404 e. The van der Waals surface area contributed by atoms with E-state index in [1.807, 2.05) is 13.8 Å². The van der Waals surface area contributed by atoms with E-state index in [2.05, 4.69) is 15.5 Å². The third-order valence-corrected chi connectivity index (χ3v) is 2.61. The Labute approximate surface area is 111 Å². The topological polar surface area (TPSA) is 121 Å². The van der Waals surface area contributed by atoms with E-state index < -0.39 is 6.09 Å². The highest BCUT2D eigenvalue weighted by Crippen LogP contribution is 2.19. The minimum Gasteiger partial charge on any atom is -0.465 e. The lowest BCUT2D eigenvalue weighted by molar-refractivity contribution is 0.187. The number of carbonyl (C=O) groups is 1. The maximum atomic E-state index is 10.5. The predicted molar refractivity (Wildman–Crippen MR) is 70.3 cm³/mol. The minimum atomic E-state index is -1.04. The zero-order valence-electron chi connectivity index (χ0n) is 10.9. The minimum absolute atomic E-state index is 0.00542. The highest BCUT2D eigenvalue weighted by Gasteiger charge is 2.20. The summed E-state index contributed by atoms with van der Waals surface area (Å²) in [7, 11) is 0. The van der Waals surface area contributed by atoms with Gasteiger partial charge >= 0.3 is 6.09 Å². The van der Waals surface area contributed by atoms with Gasteiger partial charge in [0.15, 0.2) is 5.84 Å². The number of nitrogens with two attached hydrogens (primary N) is 1. The third-order valence-electron chi connectivity index (χ3n) is 2.61. The molecule has 104 valence electrons. The van der Waals surface area contributed by atoms with Crippen molar-refractivity contribution in [3.05, 3.63) is 29.6 Å². The third kappa shape index (κ3) is 4.82. The van der Waals surface area contributed by atoms with Crippen molar-refractivity contribution in [1.29, 1.82) is 0 Å². The van der Waals surface area contributed by atoms with E-state index in [1.165, 1.54) is 6.20 Å². The molecule has 0 aliphatic rings. The standard InChI is InChI=1S/C12H18N4O3/c1-12(2,7-15-11(17)18)5-9-4-3-8(6-14-9)10(13)16-19/h3-4,6,15,19H,5,7H2,1-2H3,(H2,13,16)(H,17,18). The van der Waals surface area contributed by atoms with Crippen LogP contribution in [-0.4, -0.2) is 33.8 Å². The van der Waals surface area contributed by atoms with Crippen LogP contribution in [0.15, 0.2) is 23.5 Å². The number of nitrogens with one attached hydrogen (secondary N) is 1. The fraction of sp³-hybridized carbons (Fsp3) is 0.417. The Morgan fingerprint density at radius 2 is 2.21 bits per heavy atom. The molecule has 5 N–H and O–H groups in total. The Morgan fingerprint density at radius 1 is 1.53 bits per heavy atom. The number of oxime groups is 1. The van der Waals surface area contributed by atoms with Gasteiger partial charge in [-0.15, -0.1) is 0 Å². The number of hydrogen-bond donors (Lipinski definition) is 4. The maximum Gasteiger partial charge on any atom is 0.404 e. The molecule has 0 fully saturated rings. The van der Waals surface area contributed by atoms with E-state index in [0.29, 0.717) is 18.5 Å². The van der Waals surface area contributed by atoms with Gasteiger partial charge in [-0.25, -0.2) is 4.79 Å². The summed E-state index contributed by atoms with van der Waals surface area (Å²) in [4.78, 5) is 14.7. The second-order valence-corrected chi connectivity index (χ2v) is 5.02. The van der Waals surface area contributed by atoms with Crippen molar-refractivity contribution in [3.63, 3.8) is 0 Å². The first kappa shape index (κ1) is 14.7. The SMILES string of the molecule is CC(C)(CNC(=O)O)Cc1ccc(C(N)=NO)cn1. The van der Waals surface area contributed by atoms with Gasteiger partial charge in [-0.05, 0) is 24.0 Å². The van der Waals surface area contributed by atoms with Gasteiger partial charge in [0.1, 0.15) is 0 Å². The van der Waals surface area contributed by atoms with Crippen LogP contribution in [0.2, 0.25) is 0 Å². The van der Waals surface area contributed by atoms with E-state index in [1.54, 1.807) is 12.1 Å².